The van der Waals surface area contributed by atoms with E-state index in [1.807, 2.05) is 28.8 Å². The molecule has 0 saturated carbocycles. The molecule has 1 aromatic carbocycles. The second-order valence-corrected chi connectivity index (χ2v) is 5.14. The standard InChI is InChI=1S/C16H19NO4/c1-2-3-8-17-10-13(11-6-4-5-7-14(11)17)12(16(20)21)9-15(18)19/h4-7,10,12H,2-3,8-9H2,1H3,(H,18,19)(H,20,21)/t12-/m0/s1. The van der Waals surface area contributed by atoms with E-state index in [1.165, 1.54) is 0 Å². The summed E-state index contributed by atoms with van der Waals surface area (Å²) in [5.74, 6) is -3.22. The number of nitrogens with zero attached hydrogens (tertiary/aromatic N) is 1. The number of para-hydroxylation sites is 1. The highest BCUT2D eigenvalue weighted by molar-refractivity contribution is 5.91. The molecule has 1 aromatic heterocycles. The maximum Gasteiger partial charge on any atom is 0.311 e. The van der Waals surface area contributed by atoms with Crippen molar-refractivity contribution in [2.24, 2.45) is 0 Å². The molecule has 0 fully saturated rings. The van der Waals surface area contributed by atoms with Crippen molar-refractivity contribution in [3.63, 3.8) is 0 Å². The smallest absolute Gasteiger partial charge is 0.311 e. The Morgan fingerprint density at radius 2 is 1.95 bits per heavy atom. The minimum atomic E-state index is -1.10. The first-order valence-electron chi connectivity index (χ1n) is 7.07. The molecular formula is C16H19NO4. The number of hydrogen-bond donors (Lipinski definition) is 2. The Labute approximate surface area is 122 Å². The fraction of sp³-hybridized carbons (Fsp3) is 0.375. The monoisotopic (exact) mass is 289 g/mol. The van der Waals surface area contributed by atoms with Gasteiger partial charge in [0.2, 0.25) is 0 Å². The van der Waals surface area contributed by atoms with Crippen LogP contribution >= 0.6 is 0 Å². The molecule has 0 amide bonds. The summed E-state index contributed by atoms with van der Waals surface area (Å²) in [4.78, 5) is 22.4. The van der Waals surface area contributed by atoms with E-state index >= 15 is 0 Å². The van der Waals surface area contributed by atoms with Gasteiger partial charge in [0.1, 0.15) is 0 Å². The first kappa shape index (κ1) is 15.1. The fourth-order valence-electron chi connectivity index (χ4n) is 2.57. The second-order valence-electron chi connectivity index (χ2n) is 5.14. The molecule has 2 N–H and O–H groups in total. The van der Waals surface area contributed by atoms with E-state index in [4.69, 9.17) is 5.11 Å². The number of carbonyl (C=O) groups is 2. The van der Waals surface area contributed by atoms with Crippen molar-refractivity contribution in [2.45, 2.75) is 38.6 Å². The first-order valence-corrected chi connectivity index (χ1v) is 7.07. The number of aliphatic carboxylic acids is 2. The average Bonchev–Trinajstić information content (AvgIpc) is 2.81. The van der Waals surface area contributed by atoms with Crippen LogP contribution in [0.15, 0.2) is 30.5 Å². The Bertz CT molecular complexity index is 659. The lowest BCUT2D eigenvalue weighted by Crippen LogP contribution is -2.15. The van der Waals surface area contributed by atoms with Crippen molar-refractivity contribution in [1.29, 1.82) is 0 Å². The molecule has 5 heteroatoms. The molecule has 112 valence electrons. The SMILES string of the molecule is CCCCn1cc([C@H](CC(=O)O)C(=O)O)c2ccccc21. The van der Waals surface area contributed by atoms with Crippen molar-refractivity contribution in [3.05, 3.63) is 36.0 Å². The van der Waals surface area contributed by atoms with Crippen molar-refractivity contribution < 1.29 is 19.8 Å². The molecule has 0 aliphatic rings. The van der Waals surface area contributed by atoms with Crippen molar-refractivity contribution >= 4 is 22.8 Å². The molecule has 2 rings (SSSR count). The number of unbranched alkanes of at least 4 members (excludes halogenated alkanes) is 1. The highest BCUT2D eigenvalue weighted by Crippen LogP contribution is 2.30. The van der Waals surface area contributed by atoms with Crippen LogP contribution in [0, 0.1) is 0 Å². The predicted octanol–water partition coefficient (Wildman–Crippen LogP) is 3.08. The summed E-state index contributed by atoms with van der Waals surface area (Å²) in [6.07, 6.45) is 3.42. The number of rotatable bonds is 7. The molecule has 0 bridgehead atoms. The van der Waals surface area contributed by atoms with E-state index in [0.717, 1.165) is 30.3 Å². The van der Waals surface area contributed by atoms with Gasteiger partial charge in [0.05, 0.1) is 12.3 Å². The molecule has 0 saturated heterocycles. The fourth-order valence-corrected chi connectivity index (χ4v) is 2.57. The minimum Gasteiger partial charge on any atom is -0.481 e. The van der Waals surface area contributed by atoms with Gasteiger partial charge in [-0.1, -0.05) is 31.5 Å². The van der Waals surface area contributed by atoms with Crippen LogP contribution in [0.4, 0.5) is 0 Å². The molecule has 1 heterocycles. The van der Waals surface area contributed by atoms with Crippen LogP contribution in [0.5, 0.6) is 0 Å². The molecule has 0 unspecified atom stereocenters. The lowest BCUT2D eigenvalue weighted by molar-refractivity contribution is -0.145. The highest BCUT2D eigenvalue weighted by atomic mass is 16.4. The molecule has 1 atom stereocenters. The second kappa shape index (κ2) is 6.43. The van der Waals surface area contributed by atoms with Crippen molar-refractivity contribution in [3.8, 4) is 0 Å². The van der Waals surface area contributed by atoms with Crippen LogP contribution in [0.3, 0.4) is 0 Å². The maximum absolute atomic E-state index is 11.4. The van der Waals surface area contributed by atoms with Gasteiger partial charge in [0.15, 0.2) is 0 Å². The van der Waals surface area contributed by atoms with Gasteiger partial charge >= 0.3 is 11.9 Å². The lowest BCUT2D eigenvalue weighted by Gasteiger charge is -2.08. The number of carboxylic acid groups (broad SMARTS) is 2. The quantitative estimate of drug-likeness (QED) is 0.821. The average molecular weight is 289 g/mol. The number of aryl methyl sites for hydroxylation is 1. The van der Waals surface area contributed by atoms with Gasteiger partial charge in [-0.2, -0.15) is 0 Å². The normalized spacial score (nSPS) is 12.4. The molecule has 0 spiro atoms. The summed E-state index contributed by atoms with van der Waals surface area (Å²) in [7, 11) is 0. The molecule has 0 aliphatic carbocycles. The zero-order chi connectivity index (χ0) is 15.4. The number of carboxylic acids is 2. The van der Waals surface area contributed by atoms with Gasteiger partial charge in [0, 0.05) is 23.6 Å². The summed E-state index contributed by atoms with van der Waals surface area (Å²) >= 11 is 0. The topological polar surface area (TPSA) is 79.5 Å². The molecular weight excluding hydrogens is 270 g/mol. The maximum atomic E-state index is 11.4. The first-order chi connectivity index (χ1) is 10.0. The molecule has 0 aliphatic heterocycles. The third kappa shape index (κ3) is 3.24. The third-order valence-corrected chi connectivity index (χ3v) is 3.62. The van der Waals surface area contributed by atoms with Gasteiger partial charge < -0.3 is 14.8 Å². The summed E-state index contributed by atoms with van der Waals surface area (Å²) in [6, 6.07) is 7.54. The van der Waals surface area contributed by atoms with Crippen molar-refractivity contribution in [1.82, 2.24) is 4.57 Å². The van der Waals surface area contributed by atoms with E-state index < -0.39 is 24.3 Å². The van der Waals surface area contributed by atoms with E-state index in [0.29, 0.717) is 5.56 Å². The van der Waals surface area contributed by atoms with Gasteiger partial charge in [-0.25, -0.2) is 0 Å². The number of benzene rings is 1. The molecule has 0 radical (unpaired) electrons. The summed E-state index contributed by atoms with van der Waals surface area (Å²) in [6.45, 7) is 2.90. The Morgan fingerprint density at radius 3 is 2.57 bits per heavy atom. The van der Waals surface area contributed by atoms with Gasteiger partial charge in [-0.3, -0.25) is 9.59 Å². The predicted molar refractivity (Wildman–Crippen MR) is 79.5 cm³/mol. The van der Waals surface area contributed by atoms with Crippen molar-refractivity contribution in [2.75, 3.05) is 0 Å². The van der Waals surface area contributed by atoms with Crippen LogP contribution in [-0.2, 0) is 16.1 Å². The van der Waals surface area contributed by atoms with E-state index in [9.17, 15) is 14.7 Å². The number of aromatic nitrogens is 1. The van der Waals surface area contributed by atoms with E-state index in [1.54, 1.807) is 6.20 Å². The van der Waals surface area contributed by atoms with Crippen LogP contribution in [-0.4, -0.2) is 26.7 Å². The zero-order valence-electron chi connectivity index (χ0n) is 12.0. The molecule has 21 heavy (non-hydrogen) atoms. The zero-order valence-corrected chi connectivity index (χ0v) is 12.0. The van der Waals surface area contributed by atoms with Gasteiger partial charge in [-0.05, 0) is 18.1 Å². The van der Waals surface area contributed by atoms with Crippen LogP contribution in [0.2, 0.25) is 0 Å². The van der Waals surface area contributed by atoms with E-state index in [-0.39, 0.29) is 0 Å². The lowest BCUT2D eigenvalue weighted by atomic mass is 9.95. The van der Waals surface area contributed by atoms with Crippen LogP contribution in [0.25, 0.3) is 10.9 Å². The summed E-state index contributed by atoms with van der Waals surface area (Å²) in [5, 5.41) is 19.1. The Hall–Kier alpha value is -2.30. The minimum absolute atomic E-state index is 0.406. The largest absolute Gasteiger partial charge is 0.481 e. The number of fused-ring (bicyclic) bond motifs is 1. The third-order valence-electron chi connectivity index (χ3n) is 3.62. The highest BCUT2D eigenvalue weighted by Gasteiger charge is 2.26. The van der Waals surface area contributed by atoms with Gasteiger partial charge in [0.25, 0.3) is 0 Å². The summed E-state index contributed by atoms with van der Waals surface area (Å²) < 4.78 is 2.02. The molecule has 2 aromatic rings. The Kier molecular flexibility index (Phi) is 4.62. The Balaban J connectivity index is 2.51. The van der Waals surface area contributed by atoms with Crippen LogP contribution in [0.1, 0.15) is 37.7 Å². The Morgan fingerprint density at radius 1 is 1.24 bits per heavy atom. The molecule has 5 nitrogen and oxygen atoms in total. The number of hydrogen-bond acceptors (Lipinski definition) is 2. The van der Waals surface area contributed by atoms with Crippen LogP contribution < -0.4 is 0 Å². The van der Waals surface area contributed by atoms with Gasteiger partial charge in [-0.15, -0.1) is 0 Å². The van der Waals surface area contributed by atoms with E-state index in [2.05, 4.69) is 6.92 Å². The summed E-state index contributed by atoms with van der Waals surface area (Å²) in [5.41, 5.74) is 1.54.